The number of halogens is 1. The molecule has 4 atom stereocenters. The second-order valence-corrected chi connectivity index (χ2v) is 19.7. The van der Waals surface area contributed by atoms with E-state index in [1.165, 1.54) is 39.6 Å². The highest BCUT2D eigenvalue weighted by Crippen LogP contribution is 2.27. The van der Waals surface area contributed by atoms with E-state index in [0.29, 0.717) is 32.4 Å². The van der Waals surface area contributed by atoms with E-state index in [1.807, 2.05) is 64.1 Å². The van der Waals surface area contributed by atoms with Gasteiger partial charge in [-0.1, -0.05) is 88.4 Å². The van der Waals surface area contributed by atoms with Crippen LogP contribution in [0.3, 0.4) is 0 Å². The number of nitrogens with zero attached hydrogens (tertiary/aromatic N) is 5. The lowest BCUT2D eigenvalue weighted by molar-refractivity contribution is -0.147. The molecule has 3 heterocycles. The SMILES string of the molecule is CC(C)[C@H](CC(=O)N(C)Cc1cncs1)C(=O)C[C@@H](CC[C@@H](Cc1ccccc1)NC(=O)OCc1cncs1)Cc1ccccc1.CC(C)[C@H](CC(=O)N(C)Cc1cncs1)C(=O)O.I.[B]. The fourth-order valence-corrected chi connectivity index (χ4v) is 8.98. The number of alkyl carbamates (subject to hydrolysis) is 1. The van der Waals surface area contributed by atoms with Crippen LogP contribution in [-0.4, -0.2) is 88.1 Å². The molecule has 0 saturated carbocycles. The van der Waals surface area contributed by atoms with Gasteiger partial charge < -0.3 is 25.0 Å². The first-order chi connectivity index (χ1) is 30.7. The van der Waals surface area contributed by atoms with Crippen LogP contribution in [0.4, 0.5) is 4.79 Å². The van der Waals surface area contributed by atoms with Gasteiger partial charge in [0, 0.05) is 82.1 Å². The molecule has 0 aliphatic heterocycles. The Hall–Kier alpha value is -4.53. The molecule has 13 nitrogen and oxygen atoms in total. The van der Waals surface area contributed by atoms with Crippen LogP contribution in [0.15, 0.2) is 95.8 Å². The number of Topliss-reactive ketones (excluding diaryl/α,β-unsaturated/α-hetero) is 1. The van der Waals surface area contributed by atoms with Crippen LogP contribution in [-0.2, 0) is 56.5 Å². The van der Waals surface area contributed by atoms with Crippen molar-refractivity contribution in [2.75, 3.05) is 14.1 Å². The minimum atomic E-state index is -0.912. The summed E-state index contributed by atoms with van der Waals surface area (Å²) in [4.78, 5) is 81.1. The molecule has 0 fully saturated rings. The molecule has 355 valence electrons. The summed E-state index contributed by atoms with van der Waals surface area (Å²) >= 11 is 4.44. The van der Waals surface area contributed by atoms with E-state index in [2.05, 4.69) is 44.5 Å². The number of benzene rings is 2. The number of ether oxygens (including phenoxy) is 1. The average molecular weight is 1070 g/mol. The standard InChI is InChI=1S/C36H44N4O4S2.C12H18N2O3S.B.HI/c1-26(2)33(19-35(42)40(3)22-31-20-37-24-45-31)34(41)18-29(16-27-10-6-4-7-11-27)14-15-30(17-28-12-8-5-9-13-28)39-36(43)44-23-32-21-38-25-46-32;1-8(2)10(12(16)17)4-11(15)14(3)6-9-5-13-7-18-9;;/h4-13,20-21,24-26,29-30,33H,14-19,22-23H2,1-3H3,(H,39,43);5,7-8,10H,4,6H2,1-3H3,(H,16,17);;1H/t29-,30-,33-;10-;;/m00../s1. The van der Waals surface area contributed by atoms with Gasteiger partial charge in [0.15, 0.2) is 0 Å². The van der Waals surface area contributed by atoms with Crippen LogP contribution in [0.2, 0.25) is 0 Å². The van der Waals surface area contributed by atoms with Crippen LogP contribution >= 0.6 is 58.0 Å². The Balaban J connectivity index is 0.000000631. The molecule has 2 N–H and O–H groups in total. The van der Waals surface area contributed by atoms with E-state index < -0.39 is 18.0 Å². The lowest BCUT2D eigenvalue weighted by atomic mass is 9.81. The maximum absolute atomic E-state index is 13.9. The number of rotatable bonds is 24. The van der Waals surface area contributed by atoms with Gasteiger partial charge in [-0.05, 0) is 54.6 Å². The van der Waals surface area contributed by atoms with Crippen molar-refractivity contribution in [3.63, 3.8) is 0 Å². The van der Waals surface area contributed by atoms with Crippen LogP contribution in [0.5, 0.6) is 0 Å². The van der Waals surface area contributed by atoms with Crippen molar-refractivity contribution in [1.29, 1.82) is 0 Å². The number of carboxylic acids is 1. The highest BCUT2D eigenvalue weighted by molar-refractivity contribution is 14.0. The molecule has 3 amide bonds. The van der Waals surface area contributed by atoms with Crippen LogP contribution < -0.4 is 5.32 Å². The number of thiazole rings is 3. The first-order valence-corrected chi connectivity index (χ1v) is 24.2. The zero-order valence-corrected chi connectivity index (χ0v) is 43.4. The summed E-state index contributed by atoms with van der Waals surface area (Å²) in [6, 6.07) is 20.1. The third-order valence-electron chi connectivity index (χ3n) is 11.0. The molecule has 3 aromatic heterocycles. The summed E-state index contributed by atoms with van der Waals surface area (Å²) < 4.78 is 5.50. The zero-order valence-electron chi connectivity index (χ0n) is 38.6. The van der Waals surface area contributed by atoms with Gasteiger partial charge in [0.05, 0.1) is 40.4 Å². The van der Waals surface area contributed by atoms with Gasteiger partial charge in [0.1, 0.15) is 12.4 Å². The Bertz CT molecular complexity index is 2130. The summed E-state index contributed by atoms with van der Waals surface area (Å²) in [6.07, 6.45) is 8.12. The smallest absolute Gasteiger partial charge is 0.407 e. The third-order valence-corrected chi connectivity index (χ3v) is 13.3. The molecule has 3 radical (unpaired) electrons. The second kappa shape index (κ2) is 30.7. The van der Waals surface area contributed by atoms with E-state index >= 15 is 0 Å². The quantitative estimate of drug-likeness (QED) is 0.0448. The van der Waals surface area contributed by atoms with Crippen molar-refractivity contribution in [2.45, 2.75) is 98.4 Å². The number of carboxylic acid groups (broad SMARTS) is 1. The van der Waals surface area contributed by atoms with Gasteiger partial charge in [-0.2, -0.15) is 0 Å². The third kappa shape index (κ3) is 21.0. The van der Waals surface area contributed by atoms with E-state index in [0.717, 1.165) is 33.0 Å². The molecule has 0 unspecified atom stereocenters. The highest BCUT2D eigenvalue weighted by atomic mass is 127. The number of ketones is 1. The number of hydrogen-bond acceptors (Lipinski definition) is 12. The van der Waals surface area contributed by atoms with Gasteiger partial charge in [-0.3, -0.25) is 34.1 Å². The number of amides is 3. The predicted octanol–water partition coefficient (Wildman–Crippen LogP) is 9.44. The molecule has 2 aromatic carbocycles. The lowest BCUT2D eigenvalue weighted by Crippen LogP contribution is -2.37. The molecule has 0 saturated heterocycles. The summed E-state index contributed by atoms with van der Waals surface area (Å²) in [5.74, 6) is -1.94. The van der Waals surface area contributed by atoms with Gasteiger partial charge in [0.2, 0.25) is 11.8 Å². The molecular formula is C48H63BIN6O7S3. The molecule has 0 bridgehead atoms. The summed E-state index contributed by atoms with van der Waals surface area (Å²) in [5.41, 5.74) is 7.46. The molecule has 5 rings (SSSR count). The monoisotopic (exact) mass is 1070 g/mol. The van der Waals surface area contributed by atoms with Gasteiger partial charge >= 0.3 is 12.1 Å². The van der Waals surface area contributed by atoms with Crippen molar-refractivity contribution >= 4 is 96.1 Å². The Kier molecular flexibility index (Phi) is 26.8. The molecule has 0 aliphatic carbocycles. The fraction of sp³-hybridized carbons (Fsp3) is 0.458. The number of carbonyl (C=O) groups excluding carboxylic acids is 4. The first-order valence-electron chi connectivity index (χ1n) is 21.5. The van der Waals surface area contributed by atoms with E-state index in [4.69, 9.17) is 9.84 Å². The van der Waals surface area contributed by atoms with Crippen molar-refractivity contribution in [3.8, 4) is 0 Å². The largest absolute Gasteiger partial charge is 0.481 e. The Labute approximate surface area is 420 Å². The van der Waals surface area contributed by atoms with Crippen molar-refractivity contribution < 1.29 is 33.8 Å². The second-order valence-electron chi connectivity index (χ2n) is 16.8. The molecule has 18 heteroatoms. The molecule has 5 aromatic rings. The van der Waals surface area contributed by atoms with Crippen molar-refractivity contribution in [3.05, 3.63) is 122 Å². The van der Waals surface area contributed by atoms with Crippen molar-refractivity contribution in [1.82, 2.24) is 30.1 Å². The summed E-state index contributed by atoms with van der Waals surface area (Å²) in [7, 11) is 3.46. The minimum absolute atomic E-state index is 0. The maximum atomic E-state index is 13.9. The fourth-order valence-electron chi connectivity index (χ4n) is 7.18. The number of hydrogen-bond donors (Lipinski definition) is 2. The summed E-state index contributed by atoms with van der Waals surface area (Å²) in [5, 5.41) is 12.1. The highest BCUT2D eigenvalue weighted by Gasteiger charge is 2.30. The Morgan fingerprint density at radius 2 is 1.11 bits per heavy atom. The molecular weight excluding hydrogens is 1010 g/mol. The minimum Gasteiger partial charge on any atom is -0.481 e. The van der Waals surface area contributed by atoms with Crippen molar-refractivity contribution in [2.24, 2.45) is 29.6 Å². The number of aliphatic carboxylic acids is 1. The molecule has 66 heavy (non-hydrogen) atoms. The van der Waals surface area contributed by atoms with E-state index in [-0.39, 0.29) is 99.1 Å². The Morgan fingerprint density at radius 3 is 1.55 bits per heavy atom. The predicted molar refractivity (Wildman–Crippen MR) is 274 cm³/mol. The topological polar surface area (TPSA) is 172 Å². The average Bonchev–Trinajstić information content (AvgIpc) is 4.09. The van der Waals surface area contributed by atoms with E-state index in [9.17, 15) is 24.0 Å². The van der Waals surface area contributed by atoms with Crippen LogP contribution in [0, 0.1) is 29.6 Å². The molecule has 0 aliphatic rings. The van der Waals surface area contributed by atoms with Crippen LogP contribution in [0.25, 0.3) is 0 Å². The van der Waals surface area contributed by atoms with Gasteiger partial charge in [0.25, 0.3) is 0 Å². The maximum Gasteiger partial charge on any atom is 0.407 e. The van der Waals surface area contributed by atoms with E-state index in [1.54, 1.807) is 59.0 Å². The normalized spacial score (nSPS) is 12.5. The number of carbonyl (C=O) groups is 5. The van der Waals surface area contributed by atoms with Crippen LogP contribution in [0.1, 0.15) is 85.6 Å². The number of aromatic nitrogens is 3. The zero-order chi connectivity index (χ0) is 46.4. The van der Waals surface area contributed by atoms with Gasteiger partial charge in [-0.15, -0.1) is 58.0 Å². The van der Waals surface area contributed by atoms with Gasteiger partial charge in [-0.25, -0.2) is 4.79 Å². The summed E-state index contributed by atoms with van der Waals surface area (Å²) in [6.45, 7) is 8.81. The first kappa shape index (κ1) is 57.6. The number of nitrogens with one attached hydrogen (secondary N) is 1. The Morgan fingerprint density at radius 1 is 0.652 bits per heavy atom. The lowest BCUT2D eigenvalue weighted by Gasteiger charge is -2.26. The molecule has 0 spiro atoms.